The van der Waals surface area contributed by atoms with E-state index in [9.17, 15) is 4.79 Å². The summed E-state index contributed by atoms with van der Waals surface area (Å²) in [6, 6.07) is 12.4. The third-order valence-corrected chi connectivity index (χ3v) is 5.42. The highest BCUT2D eigenvalue weighted by atomic mass is 16.2. The zero-order chi connectivity index (χ0) is 19.3. The summed E-state index contributed by atoms with van der Waals surface area (Å²) in [7, 11) is 1.92. The molecule has 0 saturated heterocycles. The first-order valence-corrected chi connectivity index (χ1v) is 9.46. The van der Waals surface area contributed by atoms with Gasteiger partial charge in [0, 0.05) is 25.0 Å². The van der Waals surface area contributed by atoms with Crippen LogP contribution in [0, 0.1) is 6.92 Å². The zero-order valence-electron chi connectivity index (χ0n) is 15.9. The second-order valence-corrected chi connectivity index (χ2v) is 7.43. The molecule has 1 aromatic carbocycles. The Kier molecular flexibility index (Phi) is 3.79. The van der Waals surface area contributed by atoms with E-state index >= 15 is 0 Å². The SMILES string of the molecule is Cc1ccc2ncc(C(=O)N[C@@H]3CCc4cc(-c5ccn(C)n5)ccc43)n2c1. The molecular weight excluding hydrogens is 350 g/mol. The molecule has 3 aromatic heterocycles. The molecular formula is C22H21N5O. The van der Waals surface area contributed by atoms with Crippen LogP contribution in [0.25, 0.3) is 16.9 Å². The third-order valence-electron chi connectivity index (χ3n) is 5.42. The summed E-state index contributed by atoms with van der Waals surface area (Å²) in [5, 5.41) is 7.67. The Labute approximate surface area is 162 Å². The molecule has 4 aromatic rings. The molecule has 6 nitrogen and oxygen atoms in total. The average molecular weight is 371 g/mol. The van der Waals surface area contributed by atoms with Gasteiger partial charge in [-0.15, -0.1) is 0 Å². The minimum Gasteiger partial charge on any atom is -0.344 e. The lowest BCUT2D eigenvalue weighted by Gasteiger charge is -2.14. The normalized spacial score (nSPS) is 15.7. The largest absolute Gasteiger partial charge is 0.344 e. The number of carbonyl (C=O) groups excluding carboxylic acids is 1. The Morgan fingerprint density at radius 2 is 2.11 bits per heavy atom. The first-order chi connectivity index (χ1) is 13.6. The van der Waals surface area contributed by atoms with Gasteiger partial charge in [0.25, 0.3) is 5.91 Å². The molecule has 1 aliphatic rings. The van der Waals surface area contributed by atoms with Gasteiger partial charge >= 0.3 is 0 Å². The van der Waals surface area contributed by atoms with Crippen LogP contribution in [0.4, 0.5) is 0 Å². The van der Waals surface area contributed by atoms with Crippen molar-refractivity contribution in [3.8, 4) is 11.3 Å². The molecule has 1 atom stereocenters. The van der Waals surface area contributed by atoms with Crippen LogP contribution in [0.3, 0.4) is 0 Å². The molecule has 0 bridgehead atoms. The minimum atomic E-state index is -0.0928. The van der Waals surface area contributed by atoms with E-state index in [1.165, 1.54) is 11.1 Å². The van der Waals surface area contributed by atoms with Crippen molar-refractivity contribution in [3.63, 3.8) is 0 Å². The second-order valence-electron chi connectivity index (χ2n) is 7.43. The van der Waals surface area contributed by atoms with Crippen molar-refractivity contribution >= 4 is 11.6 Å². The quantitative estimate of drug-likeness (QED) is 0.600. The monoisotopic (exact) mass is 371 g/mol. The molecule has 0 saturated carbocycles. The van der Waals surface area contributed by atoms with E-state index in [4.69, 9.17) is 0 Å². The molecule has 5 rings (SSSR count). The molecule has 28 heavy (non-hydrogen) atoms. The van der Waals surface area contributed by atoms with Crippen LogP contribution in [0.5, 0.6) is 0 Å². The van der Waals surface area contributed by atoms with Crippen LogP contribution < -0.4 is 5.32 Å². The Morgan fingerprint density at radius 3 is 2.93 bits per heavy atom. The smallest absolute Gasteiger partial charge is 0.270 e. The van der Waals surface area contributed by atoms with Gasteiger partial charge in [-0.05, 0) is 54.7 Å². The van der Waals surface area contributed by atoms with Gasteiger partial charge in [-0.3, -0.25) is 13.9 Å². The number of nitrogens with zero attached hydrogens (tertiary/aromatic N) is 4. The predicted molar refractivity (Wildman–Crippen MR) is 107 cm³/mol. The molecule has 0 radical (unpaired) electrons. The van der Waals surface area contributed by atoms with Gasteiger partial charge in [-0.1, -0.05) is 18.2 Å². The molecule has 0 unspecified atom stereocenters. The number of imidazole rings is 1. The van der Waals surface area contributed by atoms with Crippen molar-refractivity contribution < 1.29 is 4.79 Å². The van der Waals surface area contributed by atoms with Crippen molar-refractivity contribution in [1.29, 1.82) is 0 Å². The molecule has 3 heterocycles. The predicted octanol–water partition coefficient (Wildman–Crippen LogP) is 3.46. The van der Waals surface area contributed by atoms with Crippen molar-refractivity contribution in [2.75, 3.05) is 0 Å². The van der Waals surface area contributed by atoms with Gasteiger partial charge in [0.2, 0.25) is 0 Å². The van der Waals surface area contributed by atoms with Gasteiger partial charge in [0.15, 0.2) is 0 Å². The Morgan fingerprint density at radius 1 is 1.21 bits per heavy atom. The molecule has 0 fully saturated rings. The third kappa shape index (κ3) is 2.78. The number of hydrogen-bond acceptors (Lipinski definition) is 3. The average Bonchev–Trinajstić information content (AvgIpc) is 3.39. The number of amides is 1. The molecule has 140 valence electrons. The lowest BCUT2D eigenvalue weighted by molar-refractivity contribution is 0.0931. The summed E-state index contributed by atoms with van der Waals surface area (Å²) in [6.07, 6.45) is 7.39. The number of hydrogen-bond donors (Lipinski definition) is 1. The topological polar surface area (TPSA) is 64.2 Å². The van der Waals surface area contributed by atoms with Gasteiger partial charge in [-0.2, -0.15) is 5.10 Å². The van der Waals surface area contributed by atoms with Crippen LogP contribution in [0.15, 0.2) is 55.0 Å². The number of rotatable bonds is 3. The van der Waals surface area contributed by atoms with Crippen LogP contribution in [-0.4, -0.2) is 25.1 Å². The fourth-order valence-corrected chi connectivity index (χ4v) is 3.98. The van der Waals surface area contributed by atoms with Gasteiger partial charge in [0.05, 0.1) is 17.9 Å². The zero-order valence-corrected chi connectivity index (χ0v) is 15.9. The van der Waals surface area contributed by atoms with E-state index < -0.39 is 0 Å². The van der Waals surface area contributed by atoms with Crippen molar-refractivity contribution in [2.24, 2.45) is 7.05 Å². The summed E-state index contributed by atoms with van der Waals surface area (Å²) in [4.78, 5) is 17.2. The highest BCUT2D eigenvalue weighted by Crippen LogP contribution is 2.34. The second kappa shape index (κ2) is 6.34. The maximum atomic E-state index is 12.9. The van der Waals surface area contributed by atoms with Crippen molar-refractivity contribution in [2.45, 2.75) is 25.8 Å². The number of nitrogens with one attached hydrogen (secondary N) is 1. The summed E-state index contributed by atoms with van der Waals surface area (Å²) in [6.45, 7) is 2.01. The number of aromatic nitrogens is 4. The van der Waals surface area contributed by atoms with Gasteiger partial charge in [0.1, 0.15) is 11.3 Å². The molecule has 1 amide bonds. The molecule has 1 aliphatic carbocycles. The van der Waals surface area contributed by atoms with E-state index in [-0.39, 0.29) is 11.9 Å². The highest BCUT2D eigenvalue weighted by Gasteiger charge is 2.26. The number of pyridine rings is 1. The maximum Gasteiger partial charge on any atom is 0.270 e. The lowest BCUT2D eigenvalue weighted by Crippen LogP contribution is -2.28. The van der Waals surface area contributed by atoms with E-state index in [2.05, 4.69) is 33.6 Å². The molecule has 0 aliphatic heterocycles. The molecule has 6 heteroatoms. The number of benzene rings is 1. The van der Waals surface area contributed by atoms with Crippen LogP contribution in [0.2, 0.25) is 0 Å². The number of aryl methyl sites for hydroxylation is 3. The molecule has 1 N–H and O–H groups in total. The van der Waals surface area contributed by atoms with Gasteiger partial charge in [-0.25, -0.2) is 4.98 Å². The lowest BCUT2D eigenvalue weighted by atomic mass is 10.0. The van der Waals surface area contributed by atoms with Crippen LogP contribution in [0.1, 0.15) is 39.6 Å². The first kappa shape index (κ1) is 16.7. The fraction of sp³-hybridized carbons (Fsp3) is 0.227. The summed E-state index contributed by atoms with van der Waals surface area (Å²) in [5.74, 6) is -0.0928. The summed E-state index contributed by atoms with van der Waals surface area (Å²) in [5.41, 5.74) is 7.00. The minimum absolute atomic E-state index is 0.0237. The Balaban J connectivity index is 1.40. The maximum absolute atomic E-state index is 12.9. The summed E-state index contributed by atoms with van der Waals surface area (Å²) >= 11 is 0. The molecule has 0 spiro atoms. The standard InChI is InChI=1S/C22H21N5O/c1-14-3-8-21-23-12-20(27(21)13-14)22(28)24-19-7-5-15-11-16(4-6-17(15)19)18-9-10-26(2)25-18/h3-4,6,8-13,19H,5,7H2,1-2H3,(H,24,28)/t19-/m1/s1. The van der Waals surface area contributed by atoms with E-state index in [0.717, 1.165) is 35.3 Å². The van der Waals surface area contributed by atoms with E-state index in [1.807, 2.05) is 53.6 Å². The van der Waals surface area contributed by atoms with Crippen LogP contribution in [-0.2, 0) is 13.5 Å². The van der Waals surface area contributed by atoms with Crippen molar-refractivity contribution in [1.82, 2.24) is 24.5 Å². The van der Waals surface area contributed by atoms with E-state index in [0.29, 0.717) is 5.69 Å². The Bertz CT molecular complexity index is 1200. The van der Waals surface area contributed by atoms with Crippen LogP contribution >= 0.6 is 0 Å². The highest BCUT2D eigenvalue weighted by molar-refractivity contribution is 5.93. The first-order valence-electron chi connectivity index (χ1n) is 9.46. The van der Waals surface area contributed by atoms with Crippen molar-refractivity contribution in [3.05, 3.63) is 77.4 Å². The Hall–Kier alpha value is -3.41. The van der Waals surface area contributed by atoms with Gasteiger partial charge < -0.3 is 5.32 Å². The number of fused-ring (bicyclic) bond motifs is 2. The fourth-order valence-electron chi connectivity index (χ4n) is 3.98. The summed E-state index contributed by atoms with van der Waals surface area (Å²) < 4.78 is 3.66. The number of carbonyl (C=O) groups is 1. The van der Waals surface area contributed by atoms with E-state index in [1.54, 1.807) is 6.20 Å².